The molecular weight excluding hydrogens is 354 g/mol. The summed E-state index contributed by atoms with van der Waals surface area (Å²) >= 11 is 0. The van der Waals surface area contributed by atoms with Crippen LogP contribution in [0.25, 0.3) is 0 Å². The van der Waals surface area contributed by atoms with Crippen molar-refractivity contribution in [3.8, 4) is 0 Å². The highest BCUT2D eigenvalue weighted by Crippen LogP contribution is 2.30. The quantitative estimate of drug-likeness (QED) is 0.857. The van der Waals surface area contributed by atoms with Gasteiger partial charge in [-0.15, -0.1) is 12.4 Å². The van der Waals surface area contributed by atoms with Crippen molar-refractivity contribution in [1.29, 1.82) is 0 Å². The fourth-order valence-electron chi connectivity index (χ4n) is 4.30. The van der Waals surface area contributed by atoms with Crippen molar-refractivity contribution in [3.05, 3.63) is 35.9 Å². The highest BCUT2D eigenvalue weighted by Gasteiger charge is 2.44. The number of rotatable bonds is 3. The molecule has 2 unspecified atom stereocenters. The first-order valence-electron chi connectivity index (χ1n) is 9.18. The van der Waals surface area contributed by atoms with E-state index >= 15 is 0 Å². The molecule has 0 saturated carbocycles. The van der Waals surface area contributed by atoms with Gasteiger partial charge in [0, 0.05) is 25.2 Å². The Bertz CT molecular complexity index is 628. The predicted molar refractivity (Wildman–Crippen MR) is 100.0 cm³/mol. The first-order chi connectivity index (χ1) is 12.2. The number of nitrogens with one attached hydrogen (secondary N) is 1. The number of benzene rings is 1. The van der Waals surface area contributed by atoms with Crippen LogP contribution < -0.4 is 5.32 Å². The molecule has 0 aliphatic carbocycles. The lowest BCUT2D eigenvalue weighted by atomic mass is 10.1. The number of carbonyl (C=O) groups excluding carboxylic acids is 2. The van der Waals surface area contributed by atoms with Crippen molar-refractivity contribution in [3.63, 3.8) is 0 Å². The average Bonchev–Trinajstić information content (AvgIpc) is 2.90. The van der Waals surface area contributed by atoms with E-state index in [9.17, 15) is 9.59 Å². The number of hydrogen-bond acceptors (Lipinski definition) is 4. The Kier molecular flexibility index (Phi) is 6.16. The molecule has 3 saturated heterocycles. The number of morpholine rings is 1. The zero-order valence-corrected chi connectivity index (χ0v) is 15.6. The van der Waals surface area contributed by atoms with Crippen LogP contribution >= 0.6 is 12.4 Å². The first-order valence-corrected chi connectivity index (χ1v) is 9.18. The second-order valence-electron chi connectivity index (χ2n) is 7.16. The van der Waals surface area contributed by atoms with Gasteiger partial charge < -0.3 is 19.9 Å². The van der Waals surface area contributed by atoms with Gasteiger partial charge in [0.1, 0.15) is 12.6 Å². The molecule has 0 spiro atoms. The maximum Gasteiger partial charge on any atom is 0.249 e. The summed E-state index contributed by atoms with van der Waals surface area (Å²) in [6.07, 6.45) is 3.10. The van der Waals surface area contributed by atoms with E-state index in [2.05, 4.69) is 5.32 Å². The van der Waals surface area contributed by atoms with Crippen molar-refractivity contribution < 1.29 is 14.3 Å². The van der Waals surface area contributed by atoms with Crippen LogP contribution in [-0.2, 0) is 20.9 Å². The third-order valence-electron chi connectivity index (χ3n) is 5.59. The summed E-state index contributed by atoms with van der Waals surface area (Å²) in [5, 5.41) is 3.42. The van der Waals surface area contributed by atoms with E-state index in [1.165, 1.54) is 0 Å². The molecule has 4 rings (SSSR count). The first kappa shape index (κ1) is 19.1. The maximum atomic E-state index is 13.3. The fourth-order valence-corrected chi connectivity index (χ4v) is 4.30. The van der Waals surface area contributed by atoms with Crippen LogP contribution in [0.1, 0.15) is 24.8 Å². The van der Waals surface area contributed by atoms with Gasteiger partial charge in [0.05, 0.1) is 6.61 Å². The minimum absolute atomic E-state index is 0. The molecule has 0 radical (unpaired) electrons. The number of nitrogens with zero attached hydrogens (tertiary/aromatic N) is 2. The lowest BCUT2D eigenvalue weighted by Gasteiger charge is -2.39. The number of hydrogen-bond donors (Lipinski definition) is 1. The third kappa shape index (κ3) is 3.72. The monoisotopic (exact) mass is 379 g/mol. The van der Waals surface area contributed by atoms with Gasteiger partial charge in [0.2, 0.25) is 11.8 Å². The lowest BCUT2D eigenvalue weighted by Crippen LogP contribution is -2.59. The lowest BCUT2D eigenvalue weighted by molar-refractivity contribution is -0.161. The summed E-state index contributed by atoms with van der Waals surface area (Å²) in [7, 11) is 0. The van der Waals surface area contributed by atoms with E-state index in [0.717, 1.165) is 37.9 Å². The summed E-state index contributed by atoms with van der Waals surface area (Å²) in [4.78, 5) is 29.6. The van der Waals surface area contributed by atoms with E-state index in [4.69, 9.17) is 4.74 Å². The van der Waals surface area contributed by atoms with Crippen molar-refractivity contribution in [2.24, 2.45) is 0 Å². The summed E-state index contributed by atoms with van der Waals surface area (Å²) in [6.45, 7) is 2.62. The number of amides is 2. The van der Waals surface area contributed by atoms with Gasteiger partial charge in [-0.1, -0.05) is 30.3 Å². The summed E-state index contributed by atoms with van der Waals surface area (Å²) < 4.78 is 5.44. The average molecular weight is 380 g/mol. The van der Waals surface area contributed by atoms with Gasteiger partial charge in [0.25, 0.3) is 0 Å². The normalized spacial score (nSPS) is 28.5. The topological polar surface area (TPSA) is 61.9 Å². The standard InChI is InChI=1S/C19H25N3O3.ClH/c23-18-13-25-12-17(21(18)11-14-4-2-1-3-5-14)19(24)22-15-6-7-16(22)10-20-9-8-15;/h1-5,15-17,20H,6-13H2;1H/t15?,16?,17-;/m1./s1. The Morgan fingerprint density at radius 1 is 1.15 bits per heavy atom. The molecule has 3 fully saturated rings. The van der Waals surface area contributed by atoms with E-state index in [0.29, 0.717) is 19.2 Å². The molecular formula is C19H26ClN3O3. The molecule has 1 N–H and O–H groups in total. The second-order valence-corrected chi connectivity index (χ2v) is 7.16. The van der Waals surface area contributed by atoms with Crippen molar-refractivity contribution in [1.82, 2.24) is 15.1 Å². The van der Waals surface area contributed by atoms with Gasteiger partial charge >= 0.3 is 0 Å². The van der Waals surface area contributed by atoms with Crippen LogP contribution in [0.5, 0.6) is 0 Å². The largest absolute Gasteiger partial charge is 0.369 e. The van der Waals surface area contributed by atoms with E-state index in [1.807, 2.05) is 35.2 Å². The number of carbonyl (C=O) groups is 2. The van der Waals surface area contributed by atoms with Crippen LogP contribution in [0.3, 0.4) is 0 Å². The van der Waals surface area contributed by atoms with Gasteiger partial charge in [-0.05, 0) is 31.4 Å². The van der Waals surface area contributed by atoms with Gasteiger partial charge in [-0.25, -0.2) is 0 Å². The molecule has 3 heterocycles. The van der Waals surface area contributed by atoms with Gasteiger partial charge in [0.15, 0.2) is 0 Å². The van der Waals surface area contributed by atoms with Crippen LogP contribution in [0, 0.1) is 0 Å². The third-order valence-corrected chi connectivity index (χ3v) is 5.59. The molecule has 0 aromatic heterocycles. The van der Waals surface area contributed by atoms with Crippen molar-refractivity contribution >= 4 is 24.2 Å². The maximum absolute atomic E-state index is 13.3. The Morgan fingerprint density at radius 2 is 1.92 bits per heavy atom. The second kappa shape index (κ2) is 8.37. The van der Waals surface area contributed by atoms with Crippen LogP contribution in [0.2, 0.25) is 0 Å². The molecule has 2 amide bonds. The number of halogens is 1. The zero-order chi connectivity index (χ0) is 17.2. The van der Waals surface area contributed by atoms with E-state index in [-0.39, 0.29) is 36.9 Å². The molecule has 1 aromatic rings. The highest BCUT2D eigenvalue weighted by atomic mass is 35.5. The Morgan fingerprint density at radius 3 is 2.73 bits per heavy atom. The van der Waals surface area contributed by atoms with Crippen LogP contribution in [-0.4, -0.2) is 66.0 Å². The molecule has 3 aliphatic heterocycles. The molecule has 3 atom stereocenters. The molecule has 1 aromatic carbocycles. The Labute approximate surface area is 160 Å². The Hall–Kier alpha value is -1.63. The molecule has 2 bridgehead atoms. The minimum atomic E-state index is -0.511. The molecule has 142 valence electrons. The minimum Gasteiger partial charge on any atom is -0.369 e. The smallest absolute Gasteiger partial charge is 0.249 e. The SMILES string of the molecule is Cl.O=C([C@H]1COCC(=O)N1Cc1ccccc1)N1C2CCNCC1CC2. The van der Waals surface area contributed by atoms with Gasteiger partial charge in [-0.2, -0.15) is 0 Å². The van der Waals surface area contributed by atoms with Crippen LogP contribution in [0.15, 0.2) is 30.3 Å². The predicted octanol–water partition coefficient (Wildman–Crippen LogP) is 1.19. The zero-order valence-electron chi connectivity index (χ0n) is 14.8. The fraction of sp³-hybridized carbons (Fsp3) is 0.579. The molecule has 6 nitrogen and oxygen atoms in total. The van der Waals surface area contributed by atoms with E-state index < -0.39 is 6.04 Å². The molecule has 3 aliphatic rings. The molecule has 26 heavy (non-hydrogen) atoms. The summed E-state index contributed by atoms with van der Waals surface area (Å²) in [6, 6.07) is 9.87. The highest BCUT2D eigenvalue weighted by molar-refractivity contribution is 5.89. The van der Waals surface area contributed by atoms with Crippen LogP contribution in [0.4, 0.5) is 0 Å². The van der Waals surface area contributed by atoms with Gasteiger partial charge in [-0.3, -0.25) is 9.59 Å². The number of fused-ring (bicyclic) bond motifs is 2. The summed E-state index contributed by atoms with van der Waals surface area (Å²) in [5.41, 5.74) is 1.04. The number of ether oxygens (including phenoxy) is 1. The van der Waals surface area contributed by atoms with Crippen molar-refractivity contribution in [2.45, 2.75) is 43.9 Å². The summed E-state index contributed by atoms with van der Waals surface area (Å²) in [5.74, 6) is -0.0473. The van der Waals surface area contributed by atoms with E-state index in [1.54, 1.807) is 4.90 Å². The molecule has 7 heteroatoms. The Balaban J connectivity index is 0.00000196. The van der Waals surface area contributed by atoms with Crippen molar-refractivity contribution in [2.75, 3.05) is 26.3 Å².